The Bertz CT molecular complexity index is 1080. The third kappa shape index (κ3) is 5.19. The van der Waals surface area contributed by atoms with Crippen molar-refractivity contribution in [2.24, 2.45) is 0 Å². The van der Waals surface area contributed by atoms with Crippen LogP contribution in [-0.2, 0) is 24.3 Å². The summed E-state index contributed by atoms with van der Waals surface area (Å²) in [6.07, 6.45) is 5.36. The predicted molar refractivity (Wildman–Crippen MR) is 116 cm³/mol. The number of thiazole rings is 1. The summed E-state index contributed by atoms with van der Waals surface area (Å²) in [4.78, 5) is 23.6. The van der Waals surface area contributed by atoms with Crippen LogP contribution in [-0.4, -0.2) is 20.8 Å². The highest BCUT2D eigenvalue weighted by Gasteiger charge is 2.18. The summed E-state index contributed by atoms with van der Waals surface area (Å²) in [7, 11) is 0. The molecule has 3 aromatic heterocycles. The molecule has 0 aliphatic carbocycles. The highest BCUT2D eigenvalue weighted by molar-refractivity contribution is 9.10. The molecular formula is C22H18BrN3O2S. The van der Waals surface area contributed by atoms with Gasteiger partial charge in [-0.15, -0.1) is 11.3 Å². The van der Waals surface area contributed by atoms with Crippen molar-refractivity contribution in [3.63, 3.8) is 0 Å². The van der Waals surface area contributed by atoms with Crippen molar-refractivity contribution in [3.8, 4) is 10.6 Å². The molecule has 0 N–H and O–H groups in total. The molecule has 4 rings (SSSR count). The fourth-order valence-electron chi connectivity index (χ4n) is 2.94. The van der Waals surface area contributed by atoms with Crippen molar-refractivity contribution < 1.29 is 9.21 Å². The Labute approximate surface area is 181 Å². The monoisotopic (exact) mass is 467 g/mol. The Balaban J connectivity index is 1.50. The fraction of sp³-hybridized carbons (Fsp3) is 0.136. The van der Waals surface area contributed by atoms with E-state index in [0.29, 0.717) is 13.1 Å². The van der Waals surface area contributed by atoms with Gasteiger partial charge in [-0.2, -0.15) is 0 Å². The third-order valence-electron chi connectivity index (χ3n) is 4.33. The molecule has 1 aromatic carbocycles. The van der Waals surface area contributed by atoms with Gasteiger partial charge in [0, 0.05) is 34.4 Å². The number of rotatable bonds is 7. The Morgan fingerprint density at radius 1 is 1.14 bits per heavy atom. The molecule has 0 bridgehead atoms. The number of hydrogen-bond acceptors (Lipinski definition) is 5. The van der Waals surface area contributed by atoms with Crippen LogP contribution in [0.4, 0.5) is 0 Å². The van der Waals surface area contributed by atoms with Crippen LogP contribution in [0.15, 0.2) is 81.5 Å². The minimum absolute atomic E-state index is 0.00338. The number of carbonyl (C=O) groups is 1. The molecule has 3 heterocycles. The minimum atomic E-state index is -0.00338. The summed E-state index contributed by atoms with van der Waals surface area (Å²) >= 11 is 5.03. The number of aromatic nitrogens is 2. The molecule has 0 saturated heterocycles. The highest BCUT2D eigenvalue weighted by atomic mass is 79.9. The normalized spacial score (nSPS) is 10.8. The van der Waals surface area contributed by atoms with E-state index in [0.717, 1.165) is 32.1 Å². The first-order valence-electron chi connectivity index (χ1n) is 9.07. The molecule has 4 aromatic rings. The maximum atomic E-state index is 13.1. The Morgan fingerprint density at radius 2 is 2.07 bits per heavy atom. The predicted octanol–water partition coefficient (Wildman–Crippen LogP) is 5.33. The molecule has 0 fully saturated rings. The molecule has 5 nitrogen and oxygen atoms in total. The number of nitrogens with zero attached hydrogens (tertiary/aromatic N) is 3. The molecule has 0 aliphatic rings. The van der Waals surface area contributed by atoms with Gasteiger partial charge >= 0.3 is 0 Å². The molecule has 0 radical (unpaired) electrons. The van der Waals surface area contributed by atoms with Gasteiger partial charge in [0.15, 0.2) is 0 Å². The van der Waals surface area contributed by atoms with Crippen LogP contribution in [0, 0.1) is 0 Å². The van der Waals surface area contributed by atoms with E-state index >= 15 is 0 Å². The van der Waals surface area contributed by atoms with Crippen LogP contribution in [0.25, 0.3) is 10.6 Å². The largest absolute Gasteiger partial charge is 0.467 e. The van der Waals surface area contributed by atoms with Crippen molar-refractivity contribution >= 4 is 33.2 Å². The van der Waals surface area contributed by atoms with Gasteiger partial charge in [0.1, 0.15) is 10.8 Å². The van der Waals surface area contributed by atoms with Crippen LogP contribution in [0.1, 0.15) is 17.0 Å². The number of halogens is 1. The summed E-state index contributed by atoms with van der Waals surface area (Å²) in [5, 5.41) is 2.85. The van der Waals surface area contributed by atoms with E-state index in [1.165, 1.54) is 0 Å². The first kappa shape index (κ1) is 19.5. The van der Waals surface area contributed by atoms with Crippen molar-refractivity contribution in [2.45, 2.75) is 19.5 Å². The highest BCUT2D eigenvalue weighted by Crippen LogP contribution is 2.26. The number of benzene rings is 1. The second kappa shape index (κ2) is 9.15. The van der Waals surface area contributed by atoms with Crippen molar-refractivity contribution in [2.75, 3.05) is 0 Å². The van der Waals surface area contributed by atoms with Gasteiger partial charge in [-0.25, -0.2) is 4.98 Å². The van der Waals surface area contributed by atoms with Gasteiger partial charge in [0.25, 0.3) is 0 Å². The smallest absolute Gasteiger partial charge is 0.229 e. The molecule has 1 amide bonds. The van der Waals surface area contributed by atoms with Gasteiger partial charge in [0.2, 0.25) is 5.91 Å². The summed E-state index contributed by atoms with van der Waals surface area (Å²) in [6.45, 7) is 0.874. The fourth-order valence-corrected chi connectivity index (χ4v) is 4.16. The second-order valence-corrected chi connectivity index (χ2v) is 8.30. The van der Waals surface area contributed by atoms with Gasteiger partial charge in [-0.3, -0.25) is 9.78 Å². The molecule has 0 unspecified atom stereocenters. The topological polar surface area (TPSA) is 59.2 Å². The number of amides is 1. The second-order valence-electron chi connectivity index (χ2n) is 6.52. The summed E-state index contributed by atoms with van der Waals surface area (Å²) < 4.78 is 6.45. The number of pyridine rings is 1. The quantitative estimate of drug-likeness (QED) is 0.368. The maximum absolute atomic E-state index is 13.1. The van der Waals surface area contributed by atoms with Crippen LogP contribution in [0.5, 0.6) is 0 Å². The van der Waals surface area contributed by atoms with Gasteiger partial charge in [-0.1, -0.05) is 34.1 Å². The molecule has 7 heteroatoms. The Morgan fingerprint density at radius 3 is 2.83 bits per heavy atom. The zero-order valence-corrected chi connectivity index (χ0v) is 17.9. The lowest BCUT2D eigenvalue weighted by Crippen LogP contribution is -2.31. The standard InChI is InChI=1S/C22H18BrN3O2S/c23-18-6-1-5-17(10-18)22-25-19(15-29-22)11-21(27)26(14-20-7-3-9-28-20)13-16-4-2-8-24-12-16/h1-10,12,15H,11,13-14H2. The molecular weight excluding hydrogens is 450 g/mol. The number of furan rings is 1. The first-order chi connectivity index (χ1) is 14.2. The van der Waals surface area contributed by atoms with E-state index in [9.17, 15) is 4.79 Å². The lowest BCUT2D eigenvalue weighted by atomic mass is 10.2. The first-order valence-corrected chi connectivity index (χ1v) is 10.7. The average molecular weight is 468 g/mol. The SMILES string of the molecule is O=C(Cc1csc(-c2cccc(Br)c2)n1)N(Cc1cccnc1)Cc1ccco1. The third-order valence-corrected chi connectivity index (χ3v) is 5.76. The number of carbonyl (C=O) groups excluding carboxylic acids is 1. The van der Waals surface area contributed by atoms with Gasteiger partial charge in [-0.05, 0) is 35.9 Å². The summed E-state index contributed by atoms with van der Waals surface area (Å²) in [5.74, 6) is 0.742. The van der Waals surface area contributed by atoms with Gasteiger partial charge in [0.05, 0.1) is 24.9 Å². The van der Waals surface area contributed by atoms with Gasteiger partial charge < -0.3 is 9.32 Å². The average Bonchev–Trinajstić information content (AvgIpc) is 3.40. The van der Waals surface area contributed by atoms with Crippen molar-refractivity contribution in [1.29, 1.82) is 0 Å². The molecule has 0 aliphatic heterocycles. The van der Waals surface area contributed by atoms with E-state index in [4.69, 9.17) is 4.42 Å². The van der Waals surface area contributed by atoms with E-state index in [1.54, 1.807) is 34.9 Å². The van der Waals surface area contributed by atoms with Crippen molar-refractivity contribution in [1.82, 2.24) is 14.9 Å². The molecule has 0 atom stereocenters. The zero-order chi connectivity index (χ0) is 20.1. The Hall–Kier alpha value is -2.77. The number of hydrogen-bond donors (Lipinski definition) is 0. The van der Waals surface area contributed by atoms with Crippen LogP contribution in [0.2, 0.25) is 0 Å². The van der Waals surface area contributed by atoms with E-state index in [-0.39, 0.29) is 12.3 Å². The lowest BCUT2D eigenvalue weighted by molar-refractivity contribution is -0.132. The van der Waals surface area contributed by atoms with E-state index < -0.39 is 0 Å². The summed E-state index contributed by atoms with van der Waals surface area (Å²) in [6, 6.07) is 15.5. The molecule has 0 saturated carbocycles. The lowest BCUT2D eigenvalue weighted by Gasteiger charge is -2.21. The van der Waals surface area contributed by atoms with Crippen LogP contribution in [0.3, 0.4) is 0 Å². The summed E-state index contributed by atoms with van der Waals surface area (Å²) in [5.41, 5.74) is 2.77. The zero-order valence-electron chi connectivity index (χ0n) is 15.5. The Kier molecular flexibility index (Phi) is 6.17. The molecule has 146 valence electrons. The van der Waals surface area contributed by atoms with E-state index in [2.05, 4.69) is 25.9 Å². The van der Waals surface area contributed by atoms with Crippen LogP contribution < -0.4 is 0 Å². The van der Waals surface area contributed by atoms with Crippen molar-refractivity contribution in [3.05, 3.63) is 94.1 Å². The van der Waals surface area contributed by atoms with E-state index in [1.807, 2.05) is 53.9 Å². The van der Waals surface area contributed by atoms with Crippen LogP contribution >= 0.6 is 27.3 Å². The minimum Gasteiger partial charge on any atom is -0.467 e. The molecule has 29 heavy (non-hydrogen) atoms. The molecule has 0 spiro atoms. The maximum Gasteiger partial charge on any atom is 0.229 e.